The molecule has 0 atom stereocenters. The maximum atomic E-state index is 12.4. The number of hydrogen-bond donors (Lipinski definition) is 1. The fraction of sp³-hybridized carbons (Fsp3) is 0.0667. The lowest BCUT2D eigenvalue weighted by Crippen LogP contribution is -2.30. The van der Waals surface area contributed by atoms with Crippen LogP contribution in [0.4, 0.5) is 11.4 Å². The van der Waals surface area contributed by atoms with E-state index < -0.39 is 18.2 Å². The molecule has 0 saturated carbocycles. The quantitative estimate of drug-likeness (QED) is 0.875. The lowest BCUT2D eigenvalue weighted by Gasteiger charge is -2.24. The Kier molecular flexibility index (Phi) is 4.83. The average molecular weight is 323 g/mol. The van der Waals surface area contributed by atoms with E-state index in [9.17, 15) is 9.59 Å². The first-order valence-corrected chi connectivity index (χ1v) is 6.86. The van der Waals surface area contributed by atoms with Gasteiger partial charge in [-0.2, -0.15) is 0 Å². The molecule has 0 heterocycles. The Labute approximate surface area is 132 Å². The van der Waals surface area contributed by atoms with E-state index >= 15 is 0 Å². The molecular formula is C15H12Cl2N2O2. The normalized spacial score (nSPS) is 10.2. The van der Waals surface area contributed by atoms with Gasteiger partial charge in [-0.1, -0.05) is 47.5 Å². The van der Waals surface area contributed by atoms with Gasteiger partial charge in [-0.3, -0.25) is 14.5 Å². The van der Waals surface area contributed by atoms with Gasteiger partial charge in [0.1, 0.15) is 6.42 Å². The average Bonchev–Trinajstić information content (AvgIpc) is 2.42. The fourth-order valence-electron chi connectivity index (χ4n) is 1.89. The number of hydrogen-bond acceptors (Lipinski definition) is 2. The number of nitrogens with zero attached hydrogens (tertiary/aromatic N) is 1. The number of rotatable bonds is 4. The maximum Gasteiger partial charge on any atom is 0.241 e. The zero-order chi connectivity index (χ0) is 15.4. The molecule has 108 valence electrons. The third-order valence-corrected chi connectivity index (χ3v) is 3.40. The van der Waals surface area contributed by atoms with Gasteiger partial charge in [-0.15, -0.1) is 0 Å². The zero-order valence-corrected chi connectivity index (χ0v) is 12.4. The minimum Gasteiger partial charge on any atom is -0.369 e. The molecule has 0 fully saturated rings. The molecule has 21 heavy (non-hydrogen) atoms. The largest absolute Gasteiger partial charge is 0.369 e. The van der Waals surface area contributed by atoms with Gasteiger partial charge < -0.3 is 5.73 Å². The van der Waals surface area contributed by atoms with Gasteiger partial charge in [0.15, 0.2) is 0 Å². The number of nitrogens with two attached hydrogens (primary N) is 1. The highest BCUT2D eigenvalue weighted by atomic mass is 35.5. The first-order valence-electron chi connectivity index (χ1n) is 6.11. The van der Waals surface area contributed by atoms with Crippen molar-refractivity contribution in [3.05, 3.63) is 58.6 Å². The summed E-state index contributed by atoms with van der Waals surface area (Å²) in [7, 11) is 0. The smallest absolute Gasteiger partial charge is 0.241 e. The van der Waals surface area contributed by atoms with Gasteiger partial charge >= 0.3 is 0 Å². The molecule has 2 rings (SSSR count). The van der Waals surface area contributed by atoms with Crippen molar-refractivity contribution in [2.45, 2.75) is 6.42 Å². The van der Waals surface area contributed by atoms with Crippen LogP contribution in [0.3, 0.4) is 0 Å². The lowest BCUT2D eigenvalue weighted by molar-refractivity contribution is -0.125. The molecule has 2 N–H and O–H groups in total. The molecule has 0 aliphatic carbocycles. The molecular weight excluding hydrogens is 311 g/mol. The van der Waals surface area contributed by atoms with Gasteiger partial charge in [-0.25, -0.2) is 0 Å². The molecule has 0 unspecified atom stereocenters. The SMILES string of the molecule is NC(=O)CC(=O)N(c1ccccc1Cl)c1ccccc1Cl. The lowest BCUT2D eigenvalue weighted by atomic mass is 10.2. The van der Waals surface area contributed by atoms with E-state index in [1.165, 1.54) is 4.90 Å². The Morgan fingerprint density at radius 3 is 1.71 bits per heavy atom. The molecule has 2 amide bonds. The van der Waals surface area contributed by atoms with Crippen molar-refractivity contribution in [1.29, 1.82) is 0 Å². The molecule has 0 spiro atoms. The van der Waals surface area contributed by atoms with Gasteiger partial charge in [-0.05, 0) is 24.3 Å². The molecule has 2 aromatic rings. The molecule has 0 bridgehead atoms. The van der Waals surface area contributed by atoms with E-state index in [4.69, 9.17) is 28.9 Å². The van der Waals surface area contributed by atoms with Crippen LogP contribution >= 0.6 is 23.2 Å². The van der Waals surface area contributed by atoms with E-state index in [0.29, 0.717) is 21.4 Å². The van der Waals surface area contributed by atoms with Crippen molar-refractivity contribution in [2.75, 3.05) is 4.90 Å². The number of anilines is 2. The topological polar surface area (TPSA) is 63.4 Å². The van der Waals surface area contributed by atoms with Crippen LogP contribution in [0.25, 0.3) is 0 Å². The van der Waals surface area contributed by atoms with Crippen LogP contribution in [0.2, 0.25) is 10.0 Å². The summed E-state index contributed by atoms with van der Waals surface area (Å²) < 4.78 is 0. The van der Waals surface area contributed by atoms with Crippen LogP contribution in [-0.2, 0) is 9.59 Å². The summed E-state index contributed by atoms with van der Waals surface area (Å²) in [4.78, 5) is 24.7. The third-order valence-electron chi connectivity index (χ3n) is 2.76. The molecule has 0 saturated heterocycles. The molecule has 6 heteroatoms. The summed E-state index contributed by atoms with van der Waals surface area (Å²) in [5.41, 5.74) is 6.00. The summed E-state index contributed by atoms with van der Waals surface area (Å²) in [6.07, 6.45) is -0.434. The van der Waals surface area contributed by atoms with Crippen molar-refractivity contribution in [3.8, 4) is 0 Å². The summed E-state index contributed by atoms with van der Waals surface area (Å²) >= 11 is 12.3. The fourth-order valence-corrected chi connectivity index (χ4v) is 2.33. The predicted molar refractivity (Wildman–Crippen MR) is 83.9 cm³/mol. The Morgan fingerprint density at radius 2 is 1.33 bits per heavy atom. The van der Waals surface area contributed by atoms with Crippen molar-refractivity contribution < 1.29 is 9.59 Å². The highest BCUT2D eigenvalue weighted by molar-refractivity contribution is 6.36. The Balaban J connectivity index is 2.55. The second kappa shape index (κ2) is 6.61. The molecule has 0 radical (unpaired) electrons. The van der Waals surface area contributed by atoms with Crippen molar-refractivity contribution >= 4 is 46.4 Å². The Morgan fingerprint density at radius 1 is 0.905 bits per heavy atom. The zero-order valence-electron chi connectivity index (χ0n) is 10.9. The Bertz CT molecular complexity index is 643. The maximum absolute atomic E-state index is 12.4. The van der Waals surface area contributed by atoms with E-state index in [0.717, 1.165) is 0 Å². The third kappa shape index (κ3) is 3.54. The molecule has 0 aliphatic heterocycles. The predicted octanol–water partition coefficient (Wildman–Crippen LogP) is 3.53. The summed E-state index contributed by atoms with van der Waals surface area (Å²) in [5, 5.41) is 0.741. The van der Waals surface area contributed by atoms with Crippen LogP contribution in [0.5, 0.6) is 0 Å². The van der Waals surface area contributed by atoms with Crippen LogP contribution < -0.4 is 10.6 Å². The van der Waals surface area contributed by atoms with Crippen molar-refractivity contribution in [1.82, 2.24) is 0 Å². The second-order valence-electron chi connectivity index (χ2n) is 4.28. The summed E-state index contributed by atoms with van der Waals surface area (Å²) in [5.74, 6) is -1.21. The monoisotopic (exact) mass is 322 g/mol. The standard InChI is InChI=1S/C15H12Cl2N2O2/c16-10-5-1-3-7-12(10)19(15(21)9-14(18)20)13-8-4-2-6-11(13)17/h1-8H,9H2,(H2,18,20). The number of carbonyl (C=O) groups excluding carboxylic acids is 2. The first-order chi connectivity index (χ1) is 10.0. The summed E-state index contributed by atoms with van der Waals surface area (Å²) in [6, 6.07) is 13.6. The van der Waals surface area contributed by atoms with Crippen molar-refractivity contribution in [3.63, 3.8) is 0 Å². The number of halogens is 2. The Hall–Kier alpha value is -2.04. The van der Waals surface area contributed by atoms with E-state index in [2.05, 4.69) is 0 Å². The van der Waals surface area contributed by atoms with Crippen LogP contribution in [0.1, 0.15) is 6.42 Å². The van der Waals surface area contributed by atoms with Crippen molar-refractivity contribution in [2.24, 2.45) is 5.73 Å². The minimum absolute atomic E-state index is 0.371. The van der Waals surface area contributed by atoms with Gasteiger partial charge in [0, 0.05) is 0 Å². The van der Waals surface area contributed by atoms with Crippen LogP contribution in [-0.4, -0.2) is 11.8 Å². The van der Waals surface area contributed by atoms with Gasteiger partial charge in [0.05, 0.1) is 21.4 Å². The summed E-state index contributed by atoms with van der Waals surface area (Å²) in [6.45, 7) is 0. The van der Waals surface area contributed by atoms with E-state index in [1.807, 2.05) is 0 Å². The number of primary amides is 1. The number of para-hydroxylation sites is 2. The van der Waals surface area contributed by atoms with Crippen LogP contribution in [0.15, 0.2) is 48.5 Å². The van der Waals surface area contributed by atoms with E-state index in [1.54, 1.807) is 48.5 Å². The molecule has 2 aromatic carbocycles. The highest BCUT2D eigenvalue weighted by Gasteiger charge is 2.23. The van der Waals surface area contributed by atoms with Crippen LogP contribution in [0, 0.1) is 0 Å². The molecule has 0 aliphatic rings. The number of carbonyl (C=O) groups is 2. The number of amides is 2. The first kappa shape index (κ1) is 15.4. The number of benzene rings is 2. The van der Waals surface area contributed by atoms with Gasteiger partial charge in [0.2, 0.25) is 11.8 Å². The second-order valence-corrected chi connectivity index (χ2v) is 5.09. The molecule has 0 aromatic heterocycles. The minimum atomic E-state index is -0.718. The van der Waals surface area contributed by atoms with E-state index in [-0.39, 0.29) is 0 Å². The molecule has 4 nitrogen and oxygen atoms in total. The highest BCUT2D eigenvalue weighted by Crippen LogP contribution is 2.36. The van der Waals surface area contributed by atoms with Gasteiger partial charge in [0.25, 0.3) is 0 Å².